The molecule has 0 saturated carbocycles. The van der Waals surface area contributed by atoms with Crippen LogP contribution >= 0.6 is 46.6 Å². The topological polar surface area (TPSA) is 20.2 Å². The Morgan fingerprint density at radius 1 is 1.19 bits per heavy atom. The van der Waals surface area contributed by atoms with Crippen LogP contribution in [0.5, 0.6) is 5.75 Å². The van der Waals surface area contributed by atoms with Crippen LogP contribution in [0.3, 0.4) is 0 Å². The lowest BCUT2D eigenvalue weighted by molar-refractivity contribution is 0.475. The largest absolute Gasteiger partial charge is 0.505 e. The van der Waals surface area contributed by atoms with Crippen molar-refractivity contribution >= 4 is 46.6 Å². The maximum atomic E-state index is 9.46. The monoisotopic (exact) mass is 298 g/mol. The number of aromatic hydroxyl groups is 1. The molecule has 0 aliphatic carbocycles. The fourth-order valence-corrected chi connectivity index (χ4v) is 3.09. The van der Waals surface area contributed by atoms with Crippen LogP contribution in [0.2, 0.25) is 15.1 Å². The normalized spacial score (nSPS) is 10.8. The van der Waals surface area contributed by atoms with E-state index in [1.165, 1.54) is 12.8 Å². The number of unbranched alkanes of at least 4 members (excludes halogenated alkanes) is 2. The van der Waals surface area contributed by atoms with Crippen molar-refractivity contribution in [2.75, 3.05) is 5.75 Å². The molecule has 0 aliphatic rings. The van der Waals surface area contributed by atoms with E-state index in [0.717, 1.165) is 17.1 Å². The summed E-state index contributed by atoms with van der Waals surface area (Å²) in [5.41, 5.74) is 0. The highest BCUT2D eigenvalue weighted by atomic mass is 35.5. The minimum absolute atomic E-state index is 0.132. The minimum atomic E-state index is -0.147. The van der Waals surface area contributed by atoms with Gasteiger partial charge in [-0.3, -0.25) is 0 Å². The molecule has 0 heterocycles. The van der Waals surface area contributed by atoms with Crippen LogP contribution in [0.25, 0.3) is 0 Å². The quantitative estimate of drug-likeness (QED) is 0.431. The molecule has 1 aromatic carbocycles. The zero-order chi connectivity index (χ0) is 12.1. The Kier molecular flexibility index (Phi) is 6.12. The number of rotatable bonds is 5. The van der Waals surface area contributed by atoms with E-state index >= 15 is 0 Å². The van der Waals surface area contributed by atoms with Crippen molar-refractivity contribution in [2.24, 2.45) is 0 Å². The first-order chi connectivity index (χ1) is 7.57. The summed E-state index contributed by atoms with van der Waals surface area (Å²) in [6.45, 7) is 2.16. The van der Waals surface area contributed by atoms with Gasteiger partial charge in [-0.1, -0.05) is 54.6 Å². The van der Waals surface area contributed by atoms with Crippen LogP contribution in [-0.4, -0.2) is 10.9 Å². The van der Waals surface area contributed by atoms with E-state index in [4.69, 9.17) is 34.8 Å². The predicted octanol–water partition coefficient (Wildman–Crippen LogP) is 5.63. The first-order valence-corrected chi connectivity index (χ1v) is 7.19. The van der Waals surface area contributed by atoms with Crippen molar-refractivity contribution < 1.29 is 5.11 Å². The molecule has 0 radical (unpaired) electrons. The summed E-state index contributed by atoms with van der Waals surface area (Å²) in [7, 11) is 0. The smallest absolute Gasteiger partial charge is 0.154 e. The molecular weight excluding hydrogens is 287 g/mol. The lowest BCUT2D eigenvalue weighted by atomic mass is 10.3. The van der Waals surface area contributed by atoms with Crippen molar-refractivity contribution in [2.45, 2.75) is 31.1 Å². The van der Waals surface area contributed by atoms with E-state index in [1.807, 2.05) is 0 Å². The van der Waals surface area contributed by atoms with Gasteiger partial charge in [-0.2, -0.15) is 0 Å². The Morgan fingerprint density at radius 3 is 2.50 bits per heavy atom. The van der Waals surface area contributed by atoms with Gasteiger partial charge < -0.3 is 5.11 Å². The molecule has 1 N–H and O–H groups in total. The van der Waals surface area contributed by atoms with E-state index in [9.17, 15) is 5.11 Å². The van der Waals surface area contributed by atoms with Crippen LogP contribution in [0, 0.1) is 0 Å². The molecule has 90 valence electrons. The van der Waals surface area contributed by atoms with Crippen LogP contribution < -0.4 is 0 Å². The number of thioether (sulfide) groups is 1. The van der Waals surface area contributed by atoms with Crippen LogP contribution in [0.1, 0.15) is 26.2 Å². The summed E-state index contributed by atoms with van der Waals surface area (Å²) in [4.78, 5) is 0.825. The highest BCUT2D eigenvalue weighted by Gasteiger charge is 2.13. The number of hydrogen-bond acceptors (Lipinski definition) is 2. The number of phenols is 1. The Balaban J connectivity index is 2.73. The number of phenolic OH excluding ortho intramolecular Hbond substituents is 1. The average Bonchev–Trinajstić information content (AvgIpc) is 2.28. The Bertz CT molecular complexity index is 369. The fourth-order valence-electron chi connectivity index (χ4n) is 1.20. The molecule has 16 heavy (non-hydrogen) atoms. The summed E-state index contributed by atoms with van der Waals surface area (Å²) in [6.07, 6.45) is 3.52. The van der Waals surface area contributed by atoms with Crippen molar-refractivity contribution in [3.63, 3.8) is 0 Å². The van der Waals surface area contributed by atoms with Crippen molar-refractivity contribution in [1.82, 2.24) is 0 Å². The number of halogens is 3. The highest BCUT2D eigenvalue weighted by molar-refractivity contribution is 7.99. The lowest BCUT2D eigenvalue weighted by Gasteiger charge is -2.08. The van der Waals surface area contributed by atoms with Crippen molar-refractivity contribution in [3.05, 3.63) is 21.1 Å². The predicted molar refractivity (Wildman–Crippen MR) is 73.4 cm³/mol. The van der Waals surface area contributed by atoms with Crippen LogP contribution in [0.15, 0.2) is 11.0 Å². The van der Waals surface area contributed by atoms with Crippen molar-refractivity contribution in [1.29, 1.82) is 0 Å². The van der Waals surface area contributed by atoms with Gasteiger partial charge in [-0.25, -0.2) is 0 Å². The molecule has 5 heteroatoms. The molecule has 0 unspecified atom stereocenters. The van der Waals surface area contributed by atoms with Crippen LogP contribution in [0.4, 0.5) is 0 Å². The van der Waals surface area contributed by atoms with E-state index in [2.05, 4.69) is 6.92 Å². The van der Waals surface area contributed by atoms with E-state index < -0.39 is 0 Å². The molecule has 0 amide bonds. The molecule has 0 atom stereocenters. The molecule has 0 aromatic heterocycles. The van der Waals surface area contributed by atoms with Gasteiger partial charge >= 0.3 is 0 Å². The minimum Gasteiger partial charge on any atom is -0.505 e. The second-order valence-corrected chi connectivity index (χ2v) is 5.69. The SMILES string of the molecule is CCCCCSc1cc(Cl)c(O)c(Cl)c1Cl. The van der Waals surface area contributed by atoms with Gasteiger partial charge in [0.1, 0.15) is 5.02 Å². The highest BCUT2D eigenvalue weighted by Crippen LogP contribution is 2.43. The number of hydrogen-bond donors (Lipinski definition) is 1. The summed E-state index contributed by atoms with van der Waals surface area (Å²) in [5, 5.41) is 10.2. The van der Waals surface area contributed by atoms with E-state index in [0.29, 0.717) is 5.02 Å². The Hall–Kier alpha value is 0.240. The summed E-state index contributed by atoms with van der Waals surface area (Å²) < 4.78 is 0. The second kappa shape index (κ2) is 6.85. The Labute approximate surface area is 115 Å². The van der Waals surface area contributed by atoms with Gasteiger partial charge in [-0.15, -0.1) is 11.8 Å². The molecule has 0 fully saturated rings. The van der Waals surface area contributed by atoms with E-state index in [-0.39, 0.29) is 15.8 Å². The van der Waals surface area contributed by atoms with E-state index in [1.54, 1.807) is 17.8 Å². The molecule has 1 nitrogen and oxygen atoms in total. The molecule has 1 aromatic rings. The molecule has 0 spiro atoms. The van der Waals surface area contributed by atoms with Gasteiger partial charge in [0.2, 0.25) is 0 Å². The molecule has 1 rings (SSSR count). The Morgan fingerprint density at radius 2 is 1.88 bits per heavy atom. The first-order valence-electron chi connectivity index (χ1n) is 5.07. The lowest BCUT2D eigenvalue weighted by Crippen LogP contribution is -1.83. The molecule has 0 bridgehead atoms. The average molecular weight is 300 g/mol. The number of benzene rings is 1. The van der Waals surface area contributed by atoms with Gasteiger partial charge in [0.15, 0.2) is 5.75 Å². The maximum absolute atomic E-state index is 9.46. The van der Waals surface area contributed by atoms with Gasteiger partial charge in [0, 0.05) is 4.90 Å². The zero-order valence-corrected chi connectivity index (χ0v) is 12.0. The summed E-state index contributed by atoms with van der Waals surface area (Å²) >= 11 is 19.3. The summed E-state index contributed by atoms with van der Waals surface area (Å²) in [5.74, 6) is 0.830. The van der Waals surface area contributed by atoms with Crippen LogP contribution in [-0.2, 0) is 0 Å². The molecule has 0 aliphatic heterocycles. The molecule has 0 saturated heterocycles. The third-order valence-electron chi connectivity index (χ3n) is 2.11. The van der Waals surface area contributed by atoms with Gasteiger partial charge in [0.05, 0.1) is 10.0 Å². The van der Waals surface area contributed by atoms with Gasteiger partial charge in [-0.05, 0) is 18.2 Å². The molecular formula is C11H13Cl3OS. The standard InChI is InChI=1S/C11H13Cl3OS/c1-2-3-4-5-16-8-6-7(12)11(15)10(14)9(8)13/h6,15H,2-5H2,1H3. The van der Waals surface area contributed by atoms with Crippen molar-refractivity contribution in [3.8, 4) is 5.75 Å². The third kappa shape index (κ3) is 3.63. The maximum Gasteiger partial charge on any atom is 0.154 e. The summed E-state index contributed by atoms with van der Waals surface area (Å²) in [6, 6.07) is 1.65. The first kappa shape index (κ1) is 14.3. The zero-order valence-electron chi connectivity index (χ0n) is 8.90. The second-order valence-electron chi connectivity index (χ2n) is 3.39. The van der Waals surface area contributed by atoms with Gasteiger partial charge in [0.25, 0.3) is 0 Å². The fraction of sp³-hybridized carbons (Fsp3) is 0.455. The third-order valence-corrected chi connectivity index (χ3v) is 4.49.